The number of urea groups is 1. The lowest BCUT2D eigenvalue weighted by Gasteiger charge is -2.35. The SMILES string of the molecule is C/C=C(\C=C/CO)C1C(c2ccc(O)cc2)N=C(c2ccc(C(F)(F)F)cc2OCC)N1C(=O)N1CC=CCC1.CC.Cc1ccc(C(F)(F)P)cn1. The van der Waals surface area contributed by atoms with E-state index in [9.17, 15) is 37.0 Å². The molecule has 0 radical (unpaired) electrons. The Morgan fingerprint density at radius 1 is 1.04 bits per heavy atom. The zero-order chi connectivity index (χ0) is 39.3. The highest BCUT2D eigenvalue weighted by Crippen LogP contribution is 2.42. The van der Waals surface area contributed by atoms with E-state index in [0.29, 0.717) is 30.6 Å². The number of aromatic hydroxyl groups is 1. The minimum absolute atomic E-state index is 0.0366. The lowest BCUT2D eigenvalue weighted by atomic mass is 9.92. The Bertz CT molecular complexity index is 1770. The molecule has 2 aliphatic rings. The maximum atomic E-state index is 14.2. The number of aliphatic imine (C=N–C) groups is 1. The van der Waals surface area contributed by atoms with Crippen molar-refractivity contribution in [1.29, 1.82) is 0 Å². The fourth-order valence-electron chi connectivity index (χ4n) is 5.55. The van der Waals surface area contributed by atoms with E-state index in [-0.39, 0.29) is 47.7 Å². The number of rotatable bonds is 8. The summed E-state index contributed by atoms with van der Waals surface area (Å²) in [5, 5.41) is 19.4. The maximum absolute atomic E-state index is 14.2. The van der Waals surface area contributed by atoms with Crippen LogP contribution in [0.2, 0.25) is 0 Å². The molecule has 3 unspecified atom stereocenters. The van der Waals surface area contributed by atoms with Crippen LogP contribution in [0.4, 0.5) is 26.7 Å². The molecule has 14 heteroatoms. The molecule has 8 nitrogen and oxygen atoms in total. The van der Waals surface area contributed by atoms with Gasteiger partial charge < -0.3 is 19.8 Å². The van der Waals surface area contributed by atoms with Gasteiger partial charge in [0.05, 0.1) is 30.4 Å². The average molecular weight is 761 g/mol. The number of carbonyl (C=O) groups excluding carboxylic acids is 1. The number of halogens is 5. The Balaban J connectivity index is 0.000000494. The van der Waals surface area contributed by atoms with Crippen molar-refractivity contribution in [3.05, 3.63) is 125 Å². The van der Waals surface area contributed by atoms with Gasteiger partial charge in [-0.25, -0.2) is 4.79 Å². The van der Waals surface area contributed by atoms with Gasteiger partial charge in [-0.1, -0.05) is 65.6 Å². The standard InChI is InChI=1S/C30H32F3N3O4.C7H8F2NP.C2H6/c1-3-20(9-8-18-37)27-26(21-10-13-23(38)14-11-21)34-28(36(27)29(39)35-16-6-5-7-17-35)24-15-12-22(30(31,32)33)19-25(24)40-4-2;1-5-2-3-6(4-10-5)7(8,9)11;1-2/h3,5-6,8-15,19,26-27,37-38H,4,7,16-18H2,1-2H3;2-4H,11H2,1H3;1-2H3/b9-8-,20-3+;;. The first-order valence-electron chi connectivity index (χ1n) is 17.2. The number of pyridine rings is 1. The molecule has 0 saturated heterocycles. The first-order chi connectivity index (χ1) is 25.2. The van der Waals surface area contributed by atoms with Crippen LogP contribution >= 0.6 is 9.24 Å². The molecule has 2 N–H and O–H groups in total. The molecule has 0 saturated carbocycles. The van der Waals surface area contributed by atoms with Crippen molar-refractivity contribution < 1.29 is 41.7 Å². The predicted octanol–water partition coefficient (Wildman–Crippen LogP) is 9.20. The van der Waals surface area contributed by atoms with Gasteiger partial charge in [-0.05, 0) is 80.8 Å². The second-order valence-corrected chi connectivity index (χ2v) is 12.3. The Morgan fingerprint density at radius 3 is 2.25 bits per heavy atom. The summed E-state index contributed by atoms with van der Waals surface area (Å²) in [6, 6.07) is 10.8. The van der Waals surface area contributed by atoms with Gasteiger partial charge in [-0.15, -0.1) is 0 Å². The third kappa shape index (κ3) is 11.2. The van der Waals surface area contributed by atoms with E-state index in [1.54, 1.807) is 56.0 Å². The summed E-state index contributed by atoms with van der Waals surface area (Å²) in [5.41, 5.74) is -1.45. The van der Waals surface area contributed by atoms with Gasteiger partial charge in [0.1, 0.15) is 23.4 Å². The molecule has 53 heavy (non-hydrogen) atoms. The summed E-state index contributed by atoms with van der Waals surface area (Å²) < 4.78 is 71.5. The highest BCUT2D eigenvalue weighted by Gasteiger charge is 2.45. The van der Waals surface area contributed by atoms with E-state index >= 15 is 0 Å². The molecule has 2 aromatic carbocycles. The number of ether oxygens (including phenoxy) is 1. The second kappa shape index (κ2) is 19.5. The van der Waals surface area contributed by atoms with Crippen molar-refractivity contribution in [2.24, 2.45) is 4.99 Å². The Kier molecular flexibility index (Phi) is 15.7. The summed E-state index contributed by atoms with van der Waals surface area (Å²) in [6.07, 6.45) is 6.24. The summed E-state index contributed by atoms with van der Waals surface area (Å²) >= 11 is 0. The summed E-state index contributed by atoms with van der Waals surface area (Å²) in [6.45, 7) is 9.96. The summed E-state index contributed by atoms with van der Waals surface area (Å²) in [4.78, 5) is 26.1. The molecule has 286 valence electrons. The molecule has 3 aromatic rings. The minimum Gasteiger partial charge on any atom is -0.508 e. The van der Waals surface area contributed by atoms with E-state index in [0.717, 1.165) is 17.8 Å². The van der Waals surface area contributed by atoms with E-state index in [4.69, 9.17) is 9.73 Å². The molecule has 2 aliphatic heterocycles. The molecular formula is C39H46F5N4O4P. The normalized spacial score (nSPS) is 17.5. The highest BCUT2D eigenvalue weighted by molar-refractivity contribution is 7.17. The van der Waals surface area contributed by atoms with Crippen LogP contribution in [0.1, 0.15) is 68.1 Å². The molecule has 0 aliphatic carbocycles. The van der Waals surface area contributed by atoms with Crippen LogP contribution in [0.15, 0.2) is 102 Å². The van der Waals surface area contributed by atoms with Crippen molar-refractivity contribution in [2.45, 2.75) is 65.0 Å². The average Bonchev–Trinajstić information content (AvgIpc) is 3.53. The first kappa shape index (κ1) is 42.8. The number of phenolic OH excluding ortho intramolecular Hbond substituents is 1. The van der Waals surface area contributed by atoms with E-state index in [1.165, 1.54) is 44.6 Å². The number of hydrogen-bond donors (Lipinski definition) is 2. The molecule has 0 fully saturated rings. The monoisotopic (exact) mass is 760 g/mol. The smallest absolute Gasteiger partial charge is 0.416 e. The number of aromatic nitrogens is 1. The first-order valence-corrected chi connectivity index (χ1v) is 17.7. The van der Waals surface area contributed by atoms with Crippen molar-refractivity contribution in [3.8, 4) is 11.5 Å². The number of nitrogens with zero attached hydrogens (tertiary/aromatic N) is 4. The van der Waals surface area contributed by atoms with Gasteiger partial charge in [0.2, 0.25) is 0 Å². The Hall–Kier alpha value is -4.61. The van der Waals surface area contributed by atoms with Crippen LogP contribution in [-0.4, -0.2) is 69.2 Å². The fraction of sp³-hybridized carbons (Fsp3) is 0.359. The molecular weight excluding hydrogens is 714 g/mol. The van der Waals surface area contributed by atoms with Crippen LogP contribution < -0.4 is 4.74 Å². The van der Waals surface area contributed by atoms with Crippen molar-refractivity contribution in [3.63, 3.8) is 0 Å². The van der Waals surface area contributed by atoms with Crippen LogP contribution in [-0.2, 0) is 11.8 Å². The zero-order valence-electron chi connectivity index (χ0n) is 30.3. The van der Waals surface area contributed by atoms with Crippen molar-refractivity contribution in [2.75, 3.05) is 26.3 Å². The number of hydrogen-bond acceptors (Lipinski definition) is 6. The Morgan fingerprint density at radius 2 is 1.72 bits per heavy atom. The molecule has 3 heterocycles. The van der Waals surface area contributed by atoms with Crippen LogP contribution in [0.5, 0.6) is 11.5 Å². The molecule has 2 amide bonds. The third-order valence-electron chi connectivity index (χ3n) is 8.07. The number of carbonyl (C=O) groups is 1. The number of allylic oxidation sites excluding steroid dienone is 1. The number of amidine groups is 1. The predicted molar refractivity (Wildman–Crippen MR) is 200 cm³/mol. The maximum Gasteiger partial charge on any atom is 0.416 e. The van der Waals surface area contributed by atoms with Crippen molar-refractivity contribution >= 4 is 21.1 Å². The zero-order valence-corrected chi connectivity index (χ0v) is 31.5. The number of aryl methyl sites for hydroxylation is 1. The summed E-state index contributed by atoms with van der Waals surface area (Å²) in [5.74, 6) is 0.199. The van der Waals surface area contributed by atoms with Gasteiger partial charge in [0, 0.05) is 30.5 Å². The van der Waals surface area contributed by atoms with E-state index in [1.807, 2.05) is 32.1 Å². The number of benzene rings is 2. The highest BCUT2D eigenvalue weighted by atomic mass is 31.0. The van der Waals surface area contributed by atoms with Gasteiger partial charge in [0.15, 0.2) is 0 Å². The lowest BCUT2D eigenvalue weighted by Crippen LogP contribution is -2.51. The number of amides is 2. The number of aliphatic hydroxyl groups excluding tert-OH is 1. The molecule has 0 spiro atoms. The van der Waals surface area contributed by atoms with Crippen LogP contribution in [0.3, 0.4) is 0 Å². The lowest BCUT2D eigenvalue weighted by molar-refractivity contribution is -0.137. The molecule has 5 rings (SSSR count). The van der Waals surface area contributed by atoms with Gasteiger partial charge in [0.25, 0.3) is 5.66 Å². The Labute approximate surface area is 309 Å². The van der Waals surface area contributed by atoms with E-state index < -0.39 is 29.5 Å². The summed E-state index contributed by atoms with van der Waals surface area (Å²) in [7, 11) is 1.47. The molecule has 0 bridgehead atoms. The topological polar surface area (TPSA) is 98.5 Å². The molecule has 3 atom stereocenters. The molecule has 1 aromatic heterocycles. The quantitative estimate of drug-likeness (QED) is 0.103. The van der Waals surface area contributed by atoms with Crippen molar-refractivity contribution in [1.82, 2.24) is 14.8 Å². The minimum atomic E-state index is -4.58. The van der Waals surface area contributed by atoms with Crippen LogP contribution in [0.25, 0.3) is 0 Å². The third-order valence-corrected chi connectivity index (χ3v) is 8.41. The van der Waals surface area contributed by atoms with Gasteiger partial charge >= 0.3 is 12.2 Å². The van der Waals surface area contributed by atoms with Gasteiger partial charge in [-0.2, -0.15) is 22.0 Å². The largest absolute Gasteiger partial charge is 0.508 e. The van der Waals surface area contributed by atoms with Crippen LogP contribution in [0, 0.1) is 6.92 Å². The number of aliphatic hydroxyl groups is 1. The second-order valence-electron chi connectivity index (χ2n) is 11.6. The number of alkyl halides is 5. The van der Waals surface area contributed by atoms with E-state index in [2.05, 4.69) is 4.98 Å². The van der Waals surface area contributed by atoms with Gasteiger partial charge in [-0.3, -0.25) is 14.9 Å². The number of phenols is 1. The fourth-order valence-corrected chi connectivity index (χ4v) is 5.72.